The predicted molar refractivity (Wildman–Crippen MR) is 104 cm³/mol. The maximum atomic E-state index is 4.35. The van der Waals surface area contributed by atoms with Crippen molar-refractivity contribution in [3.05, 3.63) is 82.9 Å². The molecule has 0 amide bonds. The number of H-pyrrole nitrogens is 1. The van der Waals surface area contributed by atoms with Crippen LogP contribution in [0.2, 0.25) is 0 Å². The van der Waals surface area contributed by atoms with Gasteiger partial charge in [-0.3, -0.25) is 15.0 Å². The zero-order valence-electron chi connectivity index (χ0n) is 15.4. The third-order valence-corrected chi connectivity index (χ3v) is 5.51. The molecule has 3 aromatic rings. The van der Waals surface area contributed by atoms with Gasteiger partial charge in [-0.1, -0.05) is 30.3 Å². The molecule has 3 heterocycles. The summed E-state index contributed by atoms with van der Waals surface area (Å²) >= 11 is 0. The number of piperidine rings is 1. The Bertz CT molecular complexity index is 832. The van der Waals surface area contributed by atoms with E-state index in [0.717, 1.165) is 26.1 Å². The second kappa shape index (κ2) is 7.83. The first-order valence-corrected chi connectivity index (χ1v) is 9.47. The fraction of sp³-hybridized carbons (Fsp3) is 0.364. The molecule has 1 saturated heterocycles. The highest BCUT2D eigenvalue weighted by Crippen LogP contribution is 2.30. The highest BCUT2D eigenvalue weighted by atomic mass is 15.1. The molecule has 4 rings (SSSR count). The van der Waals surface area contributed by atoms with Crippen LogP contribution in [-0.4, -0.2) is 33.2 Å². The van der Waals surface area contributed by atoms with Crippen molar-refractivity contribution in [2.45, 2.75) is 38.6 Å². The third-order valence-electron chi connectivity index (χ3n) is 5.51. The summed E-state index contributed by atoms with van der Waals surface area (Å²) in [6.45, 7) is 5.45. The topological polar surface area (TPSA) is 44.8 Å². The number of hydrogen-bond donors (Lipinski definition) is 1. The number of pyridine rings is 1. The first-order chi connectivity index (χ1) is 12.8. The van der Waals surface area contributed by atoms with E-state index >= 15 is 0 Å². The minimum Gasteiger partial charge on any atom is -0.299 e. The first kappa shape index (κ1) is 17.0. The minimum absolute atomic E-state index is 0.589. The number of aryl methyl sites for hydroxylation is 1. The van der Waals surface area contributed by atoms with Crippen LogP contribution in [0.5, 0.6) is 0 Å². The summed E-state index contributed by atoms with van der Waals surface area (Å²) < 4.78 is 0. The van der Waals surface area contributed by atoms with Gasteiger partial charge >= 0.3 is 0 Å². The van der Waals surface area contributed by atoms with E-state index in [4.69, 9.17) is 0 Å². The van der Waals surface area contributed by atoms with E-state index in [0.29, 0.717) is 5.92 Å². The minimum atomic E-state index is 0.589. The standard InChI is InChI=1S/C22H26N4/c1-17-14-23-10-7-20(17)16-26-11-8-19(9-12-26)22-21(15-24-25-22)13-18-5-3-2-4-6-18/h2-7,10,14-15,19H,8-9,11-13,16H2,1H3,(H,24,25). The second-order valence-electron chi connectivity index (χ2n) is 7.32. The molecule has 0 spiro atoms. The fourth-order valence-corrected chi connectivity index (χ4v) is 3.93. The smallest absolute Gasteiger partial charge is 0.0525 e. The van der Waals surface area contributed by atoms with Gasteiger partial charge in [-0.2, -0.15) is 5.10 Å². The quantitative estimate of drug-likeness (QED) is 0.757. The van der Waals surface area contributed by atoms with Crippen LogP contribution in [0.15, 0.2) is 55.0 Å². The molecule has 1 aliphatic rings. The molecule has 0 radical (unpaired) electrons. The number of benzene rings is 1. The summed E-state index contributed by atoms with van der Waals surface area (Å²) in [6.07, 6.45) is 9.21. The van der Waals surface area contributed by atoms with Crippen LogP contribution in [0.3, 0.4) is 0 Å². The lowest BCUT2D eigenvalue weighted by Crippen LogP contribution is -2.33. The molecule has 0 bridgehead atoms. The van der Waals surface area contributed by atoms with Gasteiger partial charge in [0.15, 0.2) is 0 Å². The molecule has 4 nitrogen and oxygen atoms in total. The molecule has 1 N–H and O–H groups in total. The average molecular weight is 346 g/mol. The molecule has 0 unspecified atom stereocenters. The molecule has 1 aliphatic heterocycles. The molecule has 4 heteroatoms. The maximum Gasteiger partial charge on any atom is 0.0525 e. The van der Waals surface area contributed by atoms with E-state index in [1.807, 2.05) is 18.6 Å². The Morgan fingerprint density at radius 3 is 2.62 bits per heavy atom. The molecule has 134 valence electrons. The van der Waals surface area contributed by atoms with E-state index in [-0.39, 0.29) is 0 Å². The molecule has 1 aromatic carbocycles. The summed E-state index contributed by atoms with van der Waals surface area (Å²) in [5.41, 5.74) is 6.71. The van der Waals surface area contributed by atoms with Crippen molar-refractivity contribution in [2.24, 2.45) is 0 Å². The van der Waals surface area contributed by atoms with Gasteiger partial charge in [-0.25, -0.2) is 0 Å². The van der Waals surface area contributed by atoms with E-state index in [1.54, 1.807) is 0 Å². The summed E-state index contributed by atoms with van der Waals surface area (Å²) in [6, 6.07) is 12.8. The van der Waals surface area contributed by atoms with E-state index in [9.17, 15) is 0 Å². The largest absolute Gasteiger partial charge is 0.299 e. The van der Waals surface area contributed by atoms with Gasteiger partial charge in [0.2, 0.25) is 0 Å². The number of hydrogen-bond acceptors (Lipinski definition) is 3. The van der Waals surface area contributed by atoms with Crippen LogP contribution in [0.25, 0.3) is 0 Å². The lowest BCUT2D eigenvalue weighted by Gasteiger charge is -2.32. The highest BCUT2D eigenvalue weighted by molar-refractivity contribution is 5.29. The van der Waals surface area contributed by atoms with Crippen molar-refractivity contribution in [3.63, 3.8) is 0 Å². The van der Waals surface area contributed by atoms with Crippen molar-refractivity contribution in [3.8, 4) is 0 Å². The van der Waals surface area contributed by atoms with E-state index in [2.05, 4.69) is 63.4 Å². The number of aromatic nitrogens is 3. The Morgan fingerprint density at radius 2 is 1.85 bits per heavy atom. The van der Waals surface area contributed by atoms with Crippen LogP contribution in [0.1, 0.15) is 46.7 Å². The zero-order valence-corrected chi connectivity index (χ0v) is 15.4. The van der Waals surface area contributed by atoms with Crippen molar-refractivity contribution in [1.82, 2.24) is 20.1 Å². The Kier molecular flexibility index (Phi) is 5.12. The average Bonchev–Trinajstić information content (AvgIpc) is 3.13. The molecule has 0 saturated carbocycles. The monoisotopic (exact) mass is 346 g/mol. The van der Waals surface area contributed by atoms with Gasteiger partial charge in [0, 0.05) is 37.0 Å². The fourth-order valence-electron chi connectivity index (χ4n) is 3.93. The third kappa shape index (κ3) is 3.86. The van der Waals surface area contributed by atoms with Crippen molar-refractivity contribution in [2.75, 3.05) is 13.1 Å². The van der Waals surface area contributed by atoms with Crippen LogP contribution >= 0.6 is 0 Å². The van der Waals surface area contributed by atoms with Gasteiger partial charge < -0.3 is 0 Å². The van der Waals surface area contributed by atoms with Gasteiger partial charge in [-0.05, 0) is 61.2 Å². The number of aromatic amines is 1. The van der Waals surface area contributed by atoms with Crippen LogP contribution in [0.4, 0.5) is 0 Å². The van der Waals surface area contributed by atoms with Crippen molar-refractivity contribution >= 4 is 0 Å². The Morgan fingerprint density at radius 1 is 1.04 bits per heavy atom. The van der Waals surface area contributed by atoms with Gasteiger partial charge in [0.1, 0.15) is 0 Å². The Balaban J connectivity index is 1.38. The lowest BCUT2D eigenvalue weighted by atomic mass is 9.89. The van der Waals surface area contributed by atoms with Gasteiger partial charge in [0.25, 0.3) is 0 Å². The van der Waals surface area contributed by atoms with Crippen LogP contribution < -0.4 is 0 Å². The summed E-state index contributed by atoms with van der Waals surface area (Å²) in [5.74, 6) is 0.589. The summed E-state index contributed by atoms with van der Waals surface area (Å²) in [4.78, 5) is 6.76. The number of likely N-dealkylation sites (tertiary alicyclic amines) is 1. The van der Waals surface area contributed by atoms with Crippen molar-refractivity contribution in [1.29, 1.82) is 0 Å². The van der Waals surface area contributed by atoms with Gasteiger partial charge in [-0.15, -0.1) is 0 Å². The molecule has 0 atom stereocenters. The normalized spacial score (nSPS) is 16.0. The zero-order chi connectivity index (χ0) is 17.8. The number of rotatable bonds is 5. The molecular weight excluding hydrogens is 320 g/mol. The van der Waals surface area contributed by atoms with Crippen LogP contribution in [0, 0.1) is 6.92 Å². The summed E-state index contributed by atoms with van der Waals surface area (Å²) in [5, 5.41) is 7.64. The SMILES string of the molecule is Cc1cnccc1CN1CCC(c2[nH]ncc2Cc2ccccc2)CC1. The lowest BCUT2D eigenvalue weighted by molar-refractivity contribution is 0.202. The van der Waals surface area contributed by atoms with E-state index in [1.165, 1.54) is 40.8 Å². The molecule has 0 aliphatic carbocycles. The second-order valence-corrected chi connectivity index (χ2v) is 7.32. The Hall–Kier alpha value is -2.46. The predicted octanol–water partition coefficient (Wildman–Crippen LogP) is 4.08. The van der Waals surface area contributed by atoms with E-state index < -0.39 is 0 Å². The highest BCUT2D eigenvalue weighted by Gasteiger charge is 2.24. The van der Waals surface area contributed by atoms with Gasteiger partial charge in [0.05, 0.1) is 6.20 Å². The summed E-state index contributed by atoms with van der Waals surface area (Å²) in [7, 11) is 0. The first-order valence-electron chi connectivity index (χ1n) is 9.47. The molecule has 2 aromatic heterocycles. The Labute approximate surface area is 155 Å². The maximum absolute atomic E-state index is 4.35. The van der Waals surface area contributed by atoms with Crippen molar-refractivity contribution < 1.29 is 0 Å². The molecule has 1 fully saturated rings. The van der Waals surface area contributed by atoms with Crippen LogP contribution in [-0.2, 0) is 13.0 Å². The number of nitrogens with zero attached hydrogens (tertiary/aromatic N) is 3. The molecule has 26 heavy (non-hydrogen) atoms. The molecular formula is C22H26N4. The number of nitrogens with one attached hydrogen (secondary N) is 1.